The number of nitrogens with two attached hydrogens (primary N) is 1. The van der Waals surface area contributed by atoms with Crippen LogP contribution in [-0.2, 0) is 4.74 Å². The van der Waals surface area contributed by atoms with Crippen LogP contribution in [-0.4, -0.2) is 29.2 Å². The molecule has 0 spiro atoms. The molecule has 8 nitrogen and oxygen atoms in total. The van der Waals surface area contributed by atoms with E-state index in [-0.39, 0.29) is 0 Å². The number of halogens is 1. The molecule has 0 aliphatic heterocycles. The number of methoxy groups -OCH3 is 1. The van der Waals surface area contributed by atoms with Crippen molar-refractivity contribution < 1.29 is 14.3 Å². The zero-order valence-electron chi connectivity index (χ0n) is 16.8. The summed E-state index contributed by atoms with van der Waals surface area (Å²) in [7, 11) is 1.29. The van der Waals surface area contributed by atoms with E-state index >= 15 is 0 Å². The Morgan fingerprint density at radius 1 is 1.06 bits per heavy atom. The van der Waals surface area contributed by atoms with Crippen molar-refractivity contribution in [3.05, 3.63) is 71.2 Å². The van der Waals surface area contributed by atoms with Crippen molar-refractivity contribution in [2.24, 2.45) is 5.73 Å². The van der Waals surface area contributed by atoms with Gasteiger partial charge in [0.1, 0.15) is 0 Å². The van der Waals surface area contributed by atoms with Crippen LogP contribution >= 0.6 is 27.7 Å². The van der Waals surface area contributed by atoms with Crippen LogP contribution in [0.3, 0.4) is 0 Å². The van der Waals surface area contributed by atoms with Crippen LogP contribution in [0, 0.1) is 0 Å². The highest BCUT2D eigenvalue weighted by Crippen LogP contribution is 2.33. The Bertz CT molecular complexity index is 1290. The minimum Gasteiger partial charge on any atom is -0.453 e. The quantitative estimate of drug-likeness (QED) is 0.310. The second-order valence-corrected chi connectivity index (χ2v) is 8.69. The Morgan fingerprint density at radius 2 is 1.81 bits per heavy atom. The van der Waals surface area contributed by atoms with Gasteiger partial charge in [-0.15, -0.1) is 0 Å². The van der Waals surface area contributed by atoms with Crippen molar-refractivity contribution in [2.75, 3.05) is 17.3 Å². The molecular weight excluding hydrogens is 494 g/mol. The molecule has 4 aromatic rings. The number of carbonyl (C=O) groups is 2. The van der Waals surface area contributed by atoms with E-state index in [1.807, 2.05) is 66.7 Å². The molecule has 3 amide bonds. The van der Waals surface area contributed by atoms with Crippen LogP contribution in [0.25, 0.3) is 11.0 Å². The van der Waals surface area contributed by atoms with Gasteiger partial charge in [-0.1, -0.05) is 33.8 Å². The standard InChI is InChI=1S/C22H18BrN5O3S/c1-31-22(30)27-21-25-18-10-9-17(12-19(18)26-21)32-16-7-5-14(6-8-16)28(20(24)29)15-4-2-3-13(23)11-15/h2-12H,1H3,(H2,24,29)(H2,25,26,27,30). The predicted octanol–water partition coefficient (Wildman–Crippen LogP) is 5.87. The minimum absolute atomic E-state index is 0.317. The van der Waals surface area contributed by atoms with E-state index in [4.69, 9.17) is 5.73 Å². The average Bonchev–Trinajstić information content (AvgIpc) is 3.16. The first-order chi connectivity index (χ1) is 15.4. The molecule has 10 heteroatoms. The topological polar surface area (TPSA) is 113 Å². The summed E-state index contributed by atoms with van der Waals surface area (Å²) in [5, 5.41) is 2.51. The number of carbonyl (C=O) groups excluding carboxylic acids is 2. The SMILES string of the molecule is COC(=O)Nc1nc2ccc(Sc3ccc(N(C(N)=O)c4cccc(Br)c4)cc3)cc2[nH]1. The number of hydrogen-bond donors (Lipinski definition) is 3. The largest absolute Gasteiger partial charge is 0.453 e. The lowest BCUT2D eigenvalue weighted by atomic mass is 10.2. The van der Waals surface area contributed by atoms with E-state index in [0.717, 1.165) is 25.3 Å². The lowest BCUT2D eigenvalue weighted by Crippen LogP contribution is -2.31. The number of amides is 3. The minimum atomic E-state index is -0.591. The summed E-state index contributed by atoms with van der Waals surface area (Å²) in [6.07, 6.45) is -0.591. The number of fused-ring (bicyclic) bond motifs is 1. The third-order valence-electron chi connectivity index (χ3n) is 4.48. The molecule has 1 heterocycles. The number of benzene rings is 3. The number of hydrogen-bond acceptors (Lipinski definition) is 5. The maximum atomic E-state index is 12.1. The van der Waals surface area contributed by atoms with Crippen molar-refractivity contribution in [3.63, 3.8) is 0 Å². The van der Waals surface area contributed by atoms with Crippen molar-refractivity contribution in [1.82, 2.24) is 9.97 Å². The Balaban J connectivity index is 1.53. The summed E-state index contributed by atoms with van der Waals surface area (Å²) in [5.41, 5.74) is 8.48. The Labute approximate surface area is 196 Å². The zero-order valence-corrected chi connectivity index (χ0v) is 19.2. The van der Waals surface area contributed by atoms with Crippen LogP contribution in [0.5, 0.6) is 0 Å². The van der Waals surface area contributed by atoms with Gasteiger partial charge in [0.2, 0.25) is 5.95 Å². The number of aromatic amines is 1. The third-order valence-corrected chi connectivity index (χ3v) is 5.97. The summed E-state index contributed by atoms with van der Waals surface area (Å²) >= 11 is 4.97. The average molecular weight is 512 g/mol. The van der Waals surface area contributed by atoms with Gasteiger partial charge in [-0.2, -0.15) is 0 Å². The van der Waals surface area contributed by atoms with Gasteiger partial charge in [-0.3, -0.25) is 10.2 Å². The monoisotopic (exact) mass is 511 g/mol. The summed E-state index contributed by atoms with van der Waals surface area (Å²) in [5.74, 6) is 0.317. The number of nitrogens with one attached hydrogen (secondary N) is 2. The highest BCUT2D eigenvalue weighted by atomic mass is 79.9. The predicted molar refractivity (Wildman–Crippen MR) is 129 cm³/mol. The van der Waals surface area contributed by atoms with E-state index < -0.39 is 12.1 Å². The molecule has 0 saturated carbocycles. The van der Waals surface area contributed by atoms with Crippen LogP contribution < -0.4 is 16.0 Å². The number of ether oxygens (including phenoxy) is 1. The van der Waals surface area contributed by atoms with E-state index in [0.29, 0.717) is 17.3 Å². The molecule has 1 aromatic heterocycles. The van der Waals surface area contributed by atoms with Gasteiger partial charge in [-0.25, -0.2) is 14.6 Å². The third kappa shape index (κ3) is 4.87. The fraction of sp³-hybridized carbons (Fsp3) is 0.0455. The first kappa shape index (κ1) is 21.7. The van der Waals surface area contributed by atoms with Crippen LogP contribution in [0.15, 0.2) is 81.0 Å². The normalized spacial score (nSPS) is 10.7. The van der Waals surface area contributed by atoms with E-state index in [9.17, 15) is 9.59 Å². The molecule has 0 radical (unpaired) electrons. The van der Waals surface area contributed by atoms with E-state index in [1.165, 1.54) is 12.0 Å². The molecule has 4 rings (SSSR count). The fourth-order valence-corrected chi connectivity index (χ4v) is 4.32. The number of imidazole rings is 1. The lowest BCUT2D eigenvalue weighted by molar-refractivity contribution is 0.186. The van der Waals surface area contributed by atoms with Gasteiger partial charge >= 0.3 is 12.1 Å². The second-order valence-electron chi connectivity index (χ2n) is 6.63. The molecule has 32 heavy (non-hydrogen) atoms. The smallest absolute Gasteiger partial charge is 0.413 e. The maximum Gasteiger partial charge on any atom is 0.413 e. The highest BCUT2D eigenvalue weighted by Gasteiger charge is 2.15. The first-order valence-corrected chi connectivity index (χ1v) is 11.0. The van der Waals surface area contributed by atoms with Crippen LogP contribution in [0.2, 0.25) is 0 Å². The number of aromatic nitrogens is 2. The molecule has 0 saturated heterocycles. The number of anilines is 3. The molecule has 0 atom stereocenters. The first-order valence-electron chi connectivity index (χ1n) is 9.41. The number of urea groups is 1. The molecule has 162 valence electrons. The van der Waals surface area contributed by atoms with Gasteiger partial charge in [0.25, 0.3) is 0 Å². The Kier molecular flexibility index (Phi) is 6.33. The molecule has 0 unspecified atom stereocenters. The highest BCUT2D eigenvalue weighted by molar-refractivity contribution is 9.10. The second kappa shape index (κ2) is 9.33. The summed E-state index contributed by atoms with van der Waals surface area (Å²) in [6.45, 7) is 0. The summed E-state index contributed by atoms with van der Waals surface area (Å²) in [4.78, 5) is 34.2. The fourth-order valence-electron chi connectivity index (χ4n) is 3.08. The molecule has 0 fully saturated rings. The number of primary amides is 1. The molecule has 3 aromatic carbocycles. The van der Waals surface area contributed by atoms with Crippen LogP contribution in [0.1, 0.15) is 0 Å². The summed E-state index contributed by atoms with van der Waals surface area (Å²) in [6, 6.07) is 20.1. The van der Waals surface area contributed by atoms with Crippen molar-refractivity contribution in [1.29, 1.82) is 0 Å². The Hall–Kier alpha value is -3.50. The summed E-state index contributed by atoms with van der Waals surface area (Å²) < 4.78 is 5.43. The molecule has 0 bridgehead atoms. The number of rotatable bonds is 5. The van der Waals surface area contributed by atoms with Crippen LogP contribution in [0.4, 0.5) is 26.9 Å². The van der Waals surface area contributed by atoms with E-state index in [2.05, 4.69) is 36.0 Å². The van der Waals surface area contributed by atoms with Crippen molar-refractivity contribution in [2.45, 2.75) is 9.79 Å². The van der Waals surface area contributed by atoms with Gasteiger partial charge in [-0.05, 0) is 60.7 Å². The van der Waals surface area contributed by atoms with Crippen molar-refractivity contribution in [3.8, 4) is 0 Å². The molecule has 0 aliphatic carbocycles. The molecule has 0 aliphatic rings. The lowest BCUT2D eigenvalue weighted by Gasteiger charge is -2.21. The zero-order chi connectivity index (χ0) is 22.7. The Morgan fingerprint density at radius 3 is 2.50 bits per heavy atom. The van der Waals surface area contributed by atoms with Crippen molar-refractivity contribution >= 4 is 68.2 Å². The van der Waals surface area contributed by atoms with Gasteiger partial charge in [0.15, 0.2) is 0 Å². The van der Waals surface area contributed by atoms with E-state index in [1.54, 1.807) is 11.8 Å². The number of H-pyrrole nitrogens is 1. The van der Waals surface area contributed by atoms with Gasteiger partial charge in [0, 0.05) is 14.3 Å². The molecular formula is C22H18BrN5O3S. The van der Waals surface area contributed by atoms with Gasteiger partial charge < -0.3 is 15.5 Å². The maximum absolute atomic E-state index is 12.1. The number of nitrogens with zero attached hydrogens (tertiary/aromatic N) is 2. The molecule has 4 N–H and O–H groups in total. The van der Waals surface area contributed by atoms with Gasteiger partial charge in [0.05, 0.1) is 29.5 Å².